The Kier molecular flexibility index (Phi) is 7.25. The lowest BCUT2D eigenvalue weighted by Crippen LogP contribution is -2.55. The van der Waals surface area contributed by atoms with Gasteiger partial charge in [-0.15, -0.1) is 0 Å². The van der Waals surface area contributed by atoms with Crippen LogP contribution in [0.5, 0.6) is 0 Å². The predicted octanol–water partition coefficient (Wildman–Crippen LogP) is 0.792. The molecule has 1 aliphatic rings. The van der Waals surface area contributed by atoms with Gasteiger partial charge in [0.1, 0.15) is 12.6 Å². The van der Waals surface area contributed by atoms with Gasteiger partial charge in [0, 0.05) is 32.8 Å². The second-order valence-electron chi connectivity index (χ2n) is 4.53. The number of rotatable bonds is 7. The summed E-state index contributed by atoms with van der Waals surface area (Å²) in [6.45, 7) is 3.30. The SMILES string of the molecule is CCOC(=O)C1CNCCN1CCCOCC(F)(F)F. The minimum Gasteiger partial charge on any atom is -0.465 e. The van der Waals surface area contributed by atoms with Gasteiger partial charge in [-0.05, 0) is 13.3 Å². The summed E-state index contributed by atoms with van der Waals surface area (Å²) in [5, 5.41) is 3.10. The van der Waals surface area contributed by atoms with Gasteiger partial charge in [-0.2, -0.15) is 13.2 Å². The smallest absolute Gasteiger partial charge is 0.411 e. The van der Waals surface area contributed by atoms with E-state index in [-0.39, 0.29) is 18.6 Å². The Balaban J connectivity index is 2.27. The zero-order chi connectivity index (χ0) is 15.0. The van der Waals surface area contributed by atoms with E-state index >= 15 is 0 Å². The average Bonchev–Trinajstić information content (AvgIpc) is 2.38. The van der Waals surface area contributed by atoms with Gasteiger partial charge >= 0.3 is 12.1 Å². The number of hydrogen-bond acceptors (Lipinski definition) is 5. The summed E-state index contributed by atoms with van der Waals surface area (Å²) in [4.78, 5) is 13.7. The zero-order valence-corrected chi connectivity index (χ0v) is 11.5. The van der Waals surface area contributed by atoms with E-state index in [2.05, 4.69) is 10.1 Å². The van der Waals surface area contributed by atoms with Crippen LogP contribution in [0, 0.1) is 0 Å². The van der Waals surface area contributed by atoms with Crippen LogP contribution in [0.2, 0.25) is 0 Å². The summed E-state index contributed by atoms with van der Waals surface area (Å²) >= 11 is 0. The van der Waals surface area contributed by atoms with E-state index in [1.165, 1.54) is 0 Å². The topological polar surface area (TPSA) is 50.8 Å². The highest BCUT2D eigenvalue weighted by atomic mass is 19.4. The summed E-state index contributed by atoms with van der Waals surface area (Å²) in [6, 6.07) is -0.369. The first-order chi connectivity index (χ1) is 9.44. The summed E-state index contributed by atoms with van der Waals surface area (Å²) in [6.07, 6.45) is -3.84. The maximum absolute atomic E-state index is 11.9. The number of piperazine rings is 1. The molecule has 1 aliphatic heterocycles. The highest BCUT2D eigenvalue weighted by Crippen LogP contribution is 2.14. The van der Waals surface area contributed by atoms with Gasteiger partial charge in [-0.1, -0.05) is 0 Å². The highest BCUT2D eigenvalue weighted by molar-refractivity contribution is 5.76. The van der Waals surface area contributed by atoms with Crippen LogP contribution in [0.1, 0.15) is 13.3 Å². The van der Waals surface area contributed by atoms with Gasteiger partial charge in [-0.25, -0.2) is 0 Å². The van der Waals surface area contributed by atoms with Crippen molar-refractivity contribution in [1.29, 1.82) is 0 Å². The number of hydrogen-bond donors (Lipinski definition) is 1. The molecule has 1 heterocycles. The van der Waals surface area contributed by atoms with E-state index in [4.69, 9.17) is 4.74 Å². The fourth-order valence-electron chi connectivity index (χ4n) is 2.04. The largest absolute Gasteiger partial charge is 0.465 e. The number of nitrogens with zero attached hydrogens (tertiary/aromatic N) is 1. The van der Waals surface area contributed by atoms with E-state index < -0.39 is 12.8 Å². The Morgan fingerprint density at radius 3 is 2.85 bits per heavy atom. The van der Waals surface area contributed by atoms with Gasteiger partial charge in [0.15, 0.2) is 0 Å². The quantitative estimate of drug-likeness (QED) is 0.556. The van der Waals surface area contributed by atoms with E-state index in [1.54, 1.807) is 6.92 Å². The molecular weight excluding hydrogens is 277 g/mol. The van der Waals surface area contributed by atoms with Crippen molar-refractivity contribution < 1.29 is 27.4 Å². The van der Waals surface area contributed by atoms with Crippen LogP contribution >= 0.6 is 0 Å². The van der Waals surface area contributed by atoms with Crippen LogP contribution in [0.25, 0.3) is 0 Å². The molecule has 1 N–H and O–H groups in total. The molecule has 0 amide bonds. The molecule has 1 atom stereocenters. The average molecular weight is 298 g/mol. The fraction of sp³-hybridized carbons (Fsp3) is 0.917. The highest BCUT2D eigenvalue weighted by Gasteiger charge is 2.30. The molecule has 0 spiro atoms. The maximum Gasteiger partial charge on any atom is 0.411 e. The standard InChI is InChI=1S/C12H21F3N2O3/c1-2-20-11(18)10-8-16-4-6-17(10)5-3-7-19-9-12(13,14)15/h10,16H,2-9H2,1H3. The molecule has 0 saturated carbocycles. The molecule has 0 aromatic rings. The van der Waals surface area contributed by atoms with Crippen LogP contribution in [0.3, 0.4) is 0 Å². The molecule has 20 heavy (non-hydrogen) atoms. The first kappa shape index (κ1) is 17.2. The minimum atomic E-state index is -4.29. The molecule has 0 bridgehead atoms. The predicted molar refractivity (Wildman–Crippen MR) is 66.4 cm³/mol. The molecule has 1 rings (SSSR count). The van der Waals surface area contributed by atoms with Crippen molar-refractivity contribution in [3.63, 3.8) is 0 Å². The van der Waals surface area contributed by atoms with Crippen LogP contribution in [-0.2, 0) is 14.3 Å². The number of carbonyl (C=O) groups excluding carboxylic acids is 1. The maximum atomic E-state index is 11.9. The van der Waals surface area contributed by atoms with Crippen LogP contribution in [0.4, 0.5) is 13.2 Å². The van der Waals surface area contributed by atoms with Crippen molar-refractivity contribution in [1.82, 2.24) is 10.2 Å². The summed E-state index contributed by atoms with van der Waals surface area (Å²) < 4.78 is 45.2. The third-order valence-electron chi connectivity index (χ3n) is 2.91. The van der Waals surface area contributed by atoms with Gasteiger partial charge < -0.3 is 14.8 Å². The number of esters is 1. The molecule has 0 radical (unpaired) electrons. The minimum absolute atomic E-state index is 0.0268. The van der Waals surface area contributed by atoms with Crippen LogP contribution in [-0.4, -0.2) is 69.1 Å². The van der Waals surface area contributed by atoms with E-state index in [0.717, 1.165) is 6.54 Å². The van der Waals surface area contributed by atoms with E-state index in [0.29, 0.717) is 32.7 Å². The molecule has 118 valence electrons. The monoisotopic (exact) mass is 298 g/mol. The third-order valence-corrected chi connectivity index (χ3v) is 2.91. The summed E-state index contributed by atoms with van der Waals surface area (Å²) in [5.74, 6) is -0.295. The number of halogens is 3. The summed E-state index contributed by atoms with van der Waals surface area (Å²) in [5.41, 5.74) is 0. The molecule has 1 fully saturated rings. The van der Waals surface area contributed by atoms with Crippen molar-refractivity contribution in [2.75, 3.05) is 46.0 Å². The second-order valence-corrected chi connectivity index (χ2v) is 4.53. The second kappa shape index (κ2) is 8.43. The normalized spacial score (nSPS) is 20.9. The Labute approximate surface area is 116 Å². The van der Waals surface area contributed by atoms with E-state index in [1.807, 2.05) is 4.90 Å². The number of nitrogens with one attached hydrogen (secondary N) is 1. The Hall–Kier alpha value is -0.860. The molecule has 8 heteroatoms. The Morgan fingerprint density at radius 1 is 1.45 bits per heavy atom. The van der Waals surface area contributed by atoms with Gasteiger partial charge in [-0.3, -0.25) is 9.69 Å². The molecule has 0 aromatic heterocycles. The van der Waals surface area contributed by atoms with Gasteiger partial charge in [0.05, 0.1) is 6.61 Å². The van der Waals surface area contributed by atoms with Gasteiger partial charge in [0.25, 0.3) is 0 Å². The molecule has 0 aliphatic carbocycles. The molecule has 5 nitrogen and oxygen atoms in total. The molecule has 1 saturated heterocycles. The van der Waals surface area contributed by atoms with Crippen molar-refractivity contribution in [3.05, 3.63) is 0 Å². The lowest BCUT2D eigenvalue weighted by molar-refractivity contribution is -0.174. The van der Waals surface area contributed by atoms with Crippen LogP contribution < -0.4 is 5.32 Å². The van der Waals surface area contributed by atoms with Gasteiger partial charge in [0.2, 0.25) is 0 Å². The molecule has 0 aromatic carbocycles. The summed E-state index contributed by atoms with van der Waals surface area (Å²) in [7, 11) is 0. The van der Waals surface area contributed by atoms with E-state index in [9.17, 15) is 18.0 Å². The number of alkyl halides is 3. The lowest BCUT2D eigenvalue weighted by Gasteiger charge is -2.34. The first-order valence-electron chi connectivity index (χ1n) is 6.70. The zero-order valence-electron chi connectivity index (χ0n) is 11.5. The van der Waals surface area contributed by atoms with Crippen molar-refractivity contribution in [2.24, 2.45) is 0 Å². The lowest BCUT2D eigenvalue weighted by atomic mass is 10.2. The Bertz CT molecular complexity index is 300. The first-order valence-corrected chi connectivity index (χ1v) is 6.70. The fourth-order valence-corrected chi connectivity index (χ4v) is 2.04. The third kappa shape index (κ3) is 6.53. The molecule has 1 unspecified atom stereocenters. The Morgan fingerprint density at radius 2 is 2.20 bits per heavy atom. The van der Waals surface area contributed by atoms with Crippen molar-refractivity contribution in [2.45, 2.75) is 25.6 Å². The van der Waals surface area contributed by atoms with Crippen molar-refractivity contribution >= 4 is 5.97 Å². The number of ether oxygens (including phenoxy) is 2. The van der Waals surface area contributed by atoms with Crippen LogP contribution in [0.15, 0.2) is 0 Å². The number of carbonyl (C=O) groups is 1. The van der Waals surface area contributed by atoms with Crippen molar-refractivity contribution in [3.8, 4) is 0 Å². The molecular formula is C12H21F3N2O3.